The van der Waals surface area contributed by atoms with Crippen molar-refractivity contribution in [1.82, 2.24) is 5.32 Å². The van der Waals surface area contributed by atoms with Gasteiger partial charge in [0.2, 0.25) is 0 Å². The van der Waals surface area contributed by atoms with Crippen LogP contribution in [0.1, 0.15) is 34.8 Å². The van der Waals surface area contributed by atoms with E-state index in [1.807, 2.05) is 6.92 Å². The summed E-state index contributed by atoms with van der Waals surface area (Å²) in [6, 6.07) is 10.3. The predicted octanol–water partition coefficient (Wildman–Crippen LogP) is 5.01. The minimum Gasteiger partial charge on any atom is -0.398 e. The highest BCUT2D eigenvalue weighted by Gasteiger charge is 2.37. The maximum atomic E-state index is 12.1. The molecule has 2 aromatic rings. The first-order valence-corrected chi connectivity index (χ1v) is 9.33. The molecular weight excluding hydrogens is 425 g/mol. The Bertz CT molecular complexity index is 958. The third-order valence-electron chi connectivity index (χ3n) is 4.24. The highest BCUT2D eigenvalue weighted by molar-refractivity contribution is 6.35. The fraction of sp³-hybridized carbons (Fsp3) is 0.211. The molecule has 1 heterocycles. The van der Waals surface area contributed by atoms with E-state index in [2.05, 4.69) is 20.5 Å². The lowest BCUT2D eigenvalue weighted by Crippen LogP contribution is -2.23. The van der Waals surface area contributed by atoms with Crippen molar-refractivity contribution in [2.75, 3.05) is 7.11 Å². The molecule has 1 aliphatic heterocycles. The lowest BCUT2D eigenvalue weighted by atomic mass is 9.89. The van der Waals surface area contributed by atoms with Crippen LogP contribution in [-0.4, -0.2) is 25.1 Å². The minimum absolute atomic E-state index is 0.280. The Morgan fingerprint density at radius 1 is 1.25 bits per heavy atom. The zero-order valence-electron chi connectivity index (χ0n) is 15.0. The molecule has 6 nitrogen and oxygen atoms in total. The maximum absolute atomic E-state index is 12.1. The molecule has 0 fully saturated rings. The van der Waals surface area contributed by atoms with E-state index in [0.717, 1.165) is 17.5 Å². The summed E-state index contributed by atoms with van der Waals surface area (Å²) in [5.41, 5.74) is 1.88. The predicted molar refractivity (Wildman–Crippen MR) is 110 cm³/mol. The summed E-state index contributed by atoms with van der Waals surface area (Å²) < 4.78 is 0. The van der Waals surface area contributed by atoms with Gasteiger partial charge in [0.15, 0.2) is 5.60 Å². The number of nitrogens with zero attached hydrogens (tertiary/aromatic N) is 2. The van der Waals surface area contributed by atoms with Gasteiger partial charge < -0.3 is 15.0 Å². The molecular formula is C19H16Cl3N3O3. The smallest absolute Gasteiger partial charge is 0.257 e. The SMILES string of the molecule is CON=CNC(=O)c1ccc(C2=NOC(C)(c3cc(Cl)cc(Cl)c3)C2)cc1Cl. The zero-order valence-corrected chi connectivity index (χ0v) is 17.3. The average molecular weight is 441 g/mol. The van der Waals surface area contributed by atoms with Crippen LogP contribution in [0.2, 0.25) is 15.1 Å². The van der Waals surface area contributed by atoms with Crippen LogP contribution in [-0.2, 0) is 15.3 Å². The van der Waals surface area contributed by atoms with Gasteiger partial charge in [0.25, 0.3) is 5.91 Å². The van der Waals surface area contributed by atoms with E-state index in [-0.39, 0.29) is 5.02 Å². The van der Waals surface area contributed by atoms with Gasteiger partial charge in [-0.15, -0.1) is 0 Å². The fourth-order valence-electron chi connectivity index (χ4n) is 2.80. The molecule has 0 bridgehead atoms. The maximum Gasteiger partial charge on any atom is 0.257 e. The number of rotatable bonds is 5. The summed E-state index contributed by atoms with van der Waals surface area (Å²) in [6.07, 6.45) is 1.63. The molecule has 0 saturated heterocycles. The second kappa shape index (κ2) is 8.39. The number of hydrogen-bond acceptors (Lipinski definition) is 5. The normalized spacial score (nSPS) is 18.7. The van der Waals surface area contributed by atoms with Crippen molar-refractivity contribution in [2.45, 2.75) is 18.9 Å². The summed E-state index contributed by atoms with van der Waals surface area (Å²) in [5, 5.41) is 11.4. The van der Waals surface area contributed by atoms with Crippen molar-refractivity contribution in [3.8, 4) is 0 Å². The monoisotopic (exact) mass is 439 g/mol. The van der Waals surface area contributed by atoms with Crippen LogP contribution >= 0.6 is 34.8 Å². The fourth-order valence-corrected chi connectivity index (χ4v) is 3.60. The third-order valence-corrected chi connectivity index (χ3v) is 4.99. The number of benzene rings is 2. The Morgan fingerprint density at radius 2 is 1.96 bits per heavy atom. The van der Waals surface area contributed by atoms with E-state index < -0.39 is 11.5 Å². The number of carbonyl (C=O) groups excluding carboxylic acids is 1. The molecule has 0 spiro atoms. The average Bonchev–Trinajstić information content (AvgIpc) is 3.04. The highest BCUT2D eigenvalue weighted by Crippen LogP contribution is 2.38. The number of nitrogens with one attached hydrogen (secondary N) is 1. The third kappa shape index (κ3) is 4.41. The molecule has 0 aromatic heterocycles. The van der Waals surface area contributed by atoms with Gasteiger partial charge >= 0.3 is 0 Å². The van der Waals surface area contributed by atoms with E-state index >= 15 is 0 Å². The number of carbonyl (C=O) groups is 1. The van der Waals surface area contributed by atoms with Gasteiger partial charge in [-0.2, -0.15) is 0 Å². The molecule has 28 heavy (non-hydrogen) atoms. The second-order valence-electron chi connectivity index (χ2n) is 6.28. The largest absolute Gasteiger partial charge is 0.398 e. The van der Waals surface area contributed by atoms with Crippen molar-refractivity contribution in [3.63, 3.8) is 0 Å². The van der Waals surface area contributed by atoms with Crippen molar-refractivity contribution in [3.05, 3.63) is 68.2 Å². The molecule has 1 aliphatic rings. The Morgan fingerprint density at radius 3 is 2.61 bits per heavy atom. The first kappa shape index (κ1) is 20.5. The van der Waals surface area contributed by atoms with Gasteiger partial charge in [-0.3, -0.25) is 4.79 Å². The lowest BCUT2D eigenvalue weighted by Gasteiger charge is -2.22. The Hall–Kier alpha value is -2.28. The molecule has 1 amide bonds. The summed E-state index contributed by atoms with van der Waals surface area (Å²) in [4.78, 5) is 22.3. The van der Waals surface area contributed by atoms with Crippen LogP contribution in [0.3, 0.4) is 0 Å². The van der Waals surface area contributed by atoms with Crippen molar-refractivity contribution in [1.29, 1.82) is 0 Å². The Balaban J connectivity index is 1.79. The number of hydrogen-bond donors (Lipinski definition) is 1. The first-order valence-electron chi connectivity index (χ1n) is 8.20. The van der Waals surface area contributed by atoms with Gasteiger partial charge in [-0.05, 0) is 37.3 Å². The Kier molecular flexibility index (Phi) is 6.13. The zero-order chi connectivity index (χ0) is 20.3. The minimum atomic E-state index is -0.705. The van der Waals surface area contributed by atoms with E-state index in [9.17, 15) is 4.79 Å². The van der Waals surface area contributed by atoms with Crippen molar-refractivity contribution < 1.29 is 14.5 Å². The van der Waals surface area contributed by atoms with Crippen LogP contribution in [0.15, 0.2) is 46.7 Å². The molecule has 0 aliphatic carbocycles. The molecule has 0 saturated carbocycles. The van der Waals surface area contributed by atoms with Crippen molar-refractivity contribution >= 4 is 52.8 Å². The molecule has 2 aromatic carbocycles. The summed E-state index contributed by atoms with van der Waals surface area (Å²) in [6.45, 7) is 1.91. The van der Waals surface area contributed by atoms with Gasteiger partial charge in [-0.1, -0.05) is 51.2 Å². The molecule has 146 valence electrons. The van der Waals surface area contributed by atoms with Gasteiger partial charge in [0.1, 0.15) is 13.4 Å². The van der Waals surface area contributed by atoms with E-state index in [4.69, 9.17) is 39.6 Å². The molecule has 1 atom stereocenters. The first-order chi connectivity index (χ1) is 13.3. The lowest BCUT2D eigenvalue weighted by molar-refractivity contribution is -0.00737. The van der Waals surface area contributed by atoms with E-state index in [1.54, 1.807) is 36.4 Å². The van der Waals surface area contributed by atoms with Gasteiger partial charge in [0.05, 0.1) is 16.3 Å². The topological polar surface area (TPSA) is 72.3 Å². The van der Waals surface area contributed by atoms with Crippen LogP contribution in [0, 0.1) is 0 Å². The molecule has 1 N–H and O–H groups in total. The summed E-state index contributed by atoms with van der Waals surface area (Å²) in [7, 11) is 1.37. The molecule has 9 heteroatoms. The molecule has 0 radical (unpaired) electrons. The quantitative estimate of drug-likeness (QED) is 0.404. The van der Waals surface area contributed by atoms with E-state index in [0.29, 0.717) is 27.7 Å². The van der Waals surface area contributed by atoms with E-state index in [1.165, 1.54) is 7.11 Å². The Labute approximate surface area is 177 Å². The van der Waals surface area contributed by atoms with Crippen molar-refractivity contribution in [2.24, 2.45) is 10.3 Å². The molecule has 1 unspecified atom stereocenters. The van der Waals surface area contributed by atoms with Gasteiger partial charge in [-0.25, -0.2) is 0 Å². The number of amides is 1. The van der Waals surface area contributed by atoms with Crippen LogP contribution < -0.4 is 5.32 Å². The highest BCUT2D eigenvalue weighted by atomic mass is 35.5. The van der Waals surface area contributed by atoms with Gasteiger partial charge in [0, 0.05) is 27.6 Å². The molecule has 3 rings (SSSR count). The van der Waals surface area contributed by atoms with Crippen LogP contribution in [0.5, 0.6) is 0 Å². The number of oxime groups is 2. The standard InChI is InChI=1S/C19H16Cl3N3O3/c1-19(12-6-13(20)8-14(21)7-12)9-17(25-28-19)11-3-4-15(16(22)5-11)18(26)23-10-24-27-2/h3-8,10H,9H2,1-2H3,(H,23,24,26). The van der Waals surface area contributed by atoms with Crippen LogP contribution in [0.4, 0.5) is 0 Å². The second-order valence-corrected chi connectivity index (χ2v) is 7.56. The number of halogens is 3. The van der Waals surface area contributed by atoms with Crippen LogP contribution in [0.25, 0.3) is 0 Å². The summed E-state index contributed by atoms with van der Waals surface area (Å²) in [5.74, 6) is -0.402. The summed E-state index contributed by atoms with van der Waals surface area (Å²) >= 11 is 18.5.